The van der Waals surface area contributed by atoms with E-state index in [-0.39, 0.29) is 22.9 Å². The molecule has 1 fully saturated rings. The van der Waals surface area contributed by atoms with Gasteiger partial charge in [-0.25, -0.2) is 13.4 Å². The molecule has 8 nitrogen and oxygen atoms in total. The van der Waals surface area contributed by atoms with Crippen molar-refractivity contribution in [2.45, 2.75) is 30.7 Å². The molecule has 4 rings (SSSR count). The van der Waals surface area contributed by atoms with Gasteiger partial charge in [-0.05, 0) is 49.2 Å². The maximum absolute atomic E-state index is 12.8. The number of H-pyrrole nitrogens is 1. The molecule has 2 aromatic carbocycles. The van der Waals surface area contributed by atoms with Crippen LogP contribution < -0.4 is 5.56 Å². The topological polar surface area (TPSA) is 103 Å². The Kier molecular flexibility index (Phi) is 5.88. The van der Waals surface area contributed by atoms with Crippen LogP contribution in [0.1, 0.15) is 35.4 Å². The zero-order chi connectivity index (χ0) is 22.0. The molecule has 9 heteroatoms. The first-order valence-electron chi connectivity index (χ1n) is 10.2. The third-order valence-corrected chi connectivity index (χ3v) is 7.36. The van der Waals surface area contributed by atoms with Crippen LogP contribution in [0.15, 0.2) is 58.2 Å². The molecule has 1 saturated heterocycles. The van der Waals surface area contributed by atoms with Crippen molar-refractivity contribution in [2.75, 3.05) is 20.1 Å². The second-order valence-electron chi connectivity index (χ2n) is 7.68. The van der Waals surface area contributed by atoms with Gasteiger partial charge in [-0.15, -0.1) is 0 Å². The van der Waals surface area contributed by atoms with E-state index in [1.165, 1.54) is 33.5 Å². The largest absolute Gasteiger partial charge is 0.334 e. The van der Waals surface area contributed by atoms with E-state index in [1.54, 1.807) is 31.3 Å². The highest BCUT2D eigenvalue weighted by molar-refractivity contribution is 7.89. The summed E-state index contributed by atoms with van der Waals surface area (Å²) in [5.41, 5.74) is 0.673. The van der Waals surface area contributed by atoms with Crippen LogP contribution in [0.25, 0.3) is 10.9 Å². The summed E-state index contributed by atoms with van der Waals surface area (Å²) in [7, 11) is -1.93. The molecule has 1 amide bonds. The van der Waals surface area contributed by atoms with Crippen molar-refractivity contribution >= 4 is 26.8 Å². The number of aromatic amines is 1. The molecule has 0 radical (unpaired) electrons. The fraction of sp³-hybridized carbons (Fsp3) is 0.318. The number of sulfonamides is 1. The molecular formula is C22H24N4O4S. The molecule has 31 heavy (non-hydrogen) atoms. The van der Waals surface area contributed by atoms with Crippen molar-refractivity contribution in [1.82, 2.24) is 19.2 Å². The third kappa shape index (κ3) is 4.38. The molecule has 0 aliphatic carbocycles. The number of nitrogens with one attached hydrogen (secondary N) is 1. The van der Waals surface area contributed by atoms with E-state index >= 15 is 0 Å². The summed E-state index contributed by atoms with van der Waals surface area (Å²) in [6, 6.07) is 13.0. The van der Waals surface area contributed by atoms with Crippen LogP contribution >= 0.6 is 0 Å². The van der Waals surface area contributed by atoms with Gasteiger partial charge in [0.15, 0.2) is 0 Å². The first-order valence-corrected chi connectivity index (χ1v) is 11.6. The quantitative estimate of drug-likeness (QED) is 0.656. The Morgan fingerprint density at radius 2 is 1.74 bits per heavy atom. The minimum absolute atomic E-state index is 0.118. The fourth-order valence-electron chi connectivity index (χ4n) is 3.75. The van der Waals surface area contributed by atoms with E-state index in [1.807, 2.05) is 0 Å². The molecule has 0 bridgehead atoms. The van der Waals surface area contributed by atoms with Gasteiger partial charge in [-0.2, -0.15) is 4.31 Å². The van der Waals surface area contributed by atoms with Gasteiger partial charge in [-0.3, -0.25) is 9.59 Å². The highest BCUT2D eigenvalue weighted by Crippen LogP contribution is 2.21. The van der Waals surface area contributed by atoms with Crippen LogP contribution in [-0.2, 0) is 16.6 Å². The number of nitrogens with zero attached hydrogens (tertiary/aromatic N) is 3. The lowest BCUT2D eigenvalue weighted by molar-refractivity contribution is 0.0781. The molecule has 3 aromatic rings. The lowest BCUT2D eigenvalue weighted by atomic mass is 10.2. The van der Waals surface area contributed by atoms with Crippen molar-refractivity contribution in [2.24, 2.45) is 0 Å². The summed E-state index contributed by atoms with van der Waals surface area (Å²) in [4.78, 5) is 33.8. The number of carbonyl (C=O) groups is 1. The summed E-state index contributed by atoms with van der Waals surface area (Å²) in [5.74, 6) is 0.0848. The number of carbonyl (C=O) groups excluding carboxylic acids is 1. The van der Waals surface area contributed by atoms with Crippen LogP contribution in [0.4, 0.5) is 0 Å². The summed E-state index contributed by atoms with van der Waals surface area (Å²) in [6.07, 6.45) is 2.78. The Labute approximate surface area is 180 Å². The molecule has 2 heterocycles. The summed E-state index contributed by atoms with van der Waals surface area (Å²) in [6.45, 7) is 1.18. The molecule has 0 atom stereocenters. The Hall–Kier alpha value is -3.04. The maximum Gasteiger partial charge on any atom is 0.258 e. The van der Waals surface area contributed by atoms with Crippen LogP contribution in [0.3, 0.4) is 0 Å². The highest BCUT2D eigenvalue weighted by atomic mass is 32.2. The van der Waals surface area contributed by atoms with Gasteiger partial charge >= 0.3 is 0 Å². The molecule has 0 unspecified atom stereocenters. The lowest BCUT2D eigenvalue weighted by Crippen LogP contribution is -2.35. The number of amides is 1. The summed E-state index contributed by atoms with van der Waals surface area (Å²) in [5, 5.41) is 0.491. The van der Waals surface area contributed by atoms with Crippen LogP contribution in [0.2, 0.25) is 0 Å². The van der Waals surface area contributed by atoms with Crippen molar-refractivity contribution in [3.05, 3.63) is 70.3 Å². The van der Waals surface area contributed by atoms with E-state index in [4.69, 9.17) is 0 Å². The van der Waals surface area contributed by atoms with Gasteiger partial charge < -0.3 is 9.88 Å². The Balaban J connectivity index is 1.50. The average Bonchev–Trinajstić information content (AvgIpc) is 2.79. The van der Waals surface area contributed by atoms with Crippen LogP contribution in [-0.4, -0.2) is 53.6 Å². The second-order valence-corrected chi connectivity index (χ2v) is 9.62. The van der Waals surface area contributed by atoms with Gasteiger partial charge in [0.2, 0.25) is 10.0 Å². The van der Waals surface area contributed by atoms with Crippen molar-refractivity contribution in [1.29, 1.82) is 0 Å². The highest BCUT2D eigenvalue weighted by Gasteiger charge is 2.26. The molecule has 1 N–H and O–H groups in total. The SMILES string of the molecule is CN(Cc1nc2ccccc2c(=O)[nH]1)C(=O)c1ccc(S(=O)(=O)N2CCCCC2)cc1. The number of hydrogen-bond donors (Lipinski definition) is 1. The zero-order valence-electron chi connectivity index (χ0n) is 17.2. The van der Waals surface area contributed by atoms with Gasteiger partial charge in [0.1, 0.15) is 5.82 Å². The minimum Gasteiger partial charge on any atom is -0.334 e. The molecule has 0 saturated carbocycles. The predicted octanol–water partition coefficient (Wildman–Crippen LogP) is 2.37. The number of para-hydroxylation sites is 1. The average molecular weight is 441 g/mol. The molecular weight excluding hydrogens is 416 g/mol. The zero-order valence-corrected chi connectivity index (χ0v) is 18.1. The predicted molar refractivity (Wildman–Crippen MR) is 117 cm³/mol. The third-order valence-electron chi connectivity index (χ3n) is 5.45. The second kappa shape index (κ2) is 8.60. The molecule has 0 spiro atoms. The van der Waals surface area contributed by atoms with Gasteiger partial charge in [0.25, 0.3) is 11.5 Å². The van der Waals surface area contributed by atoms with Crippen LogP contribution in [0.5, 0.6) is 0 Å². The maximum atomic E-state index is 12.8. The Bertz CT molecular complexity index is 1260. The number of fused-ring (bicyclic) bond motifs is 1. The number of hydrogen-bond acceptors (Lipinski definition) is 5. The van der Waals surface area contributed by atoms with E-state index in [2.05, 4.69) is 9.97 Å². The molecule has 1 aliphatic rings. The fourth-order valence-corrected chi connectivity index (χ4v) is 5.27. The van der Waals surface area contributed by atoms with Crippen LogP contribution in [0, 0.1) is 0 Å². The van der Waals surface area contributed by atoms with Crippen molar-refractivity contribution in [3.63, 3.8) is 0 Å². The smallest absolute Gasteiger partial charge is 0.258 e. The number of rotatable bonds is 5. The van der Waals surface area contributed by atoms with Gasteiger partial charge in [0, 0.05) is 25.7 Å². The molecule has 1 aliphatic heterocycles. The van der Waals surface area contributed by atoms with Gasteiger partial charge in [-0.1, -0.05) is 18.6 Å². The lowest BCUT2D eigenvalue weighted by Gasteiger charge is -2.26. The Morgan fingerprint density at radius 3 is 2.45 bits per heavy atom. The first-order chi connectivity index (χ1) is 14.9. The monoisotopic (exact) mass is 440 g/mol. The summed E-state index contributed by atoms with van der Waals surface area (Å²) >= 11 is 0. The molecule has 162 valence electrons. The van der Waals surface area contributed by atoms with Gasteiger partial charge in [0.05, 0.1) is 22.3 Å². The Morgan fingerprint density at radius 1 is 1.06 bits per heavy atom. The first kappa shape index (κ1) is 21.2. The number of aromatic nitrogens is 2. The van der Waals surface area contributed by atoms with E-state index < -0.39 is 10.0 Å². The van der Waals surface area contributed by atoms with Crippen molar-refractivity contribution < 1.29 is 13.2 Å². The molecule has 1 aromatic heterocycles. The van der Waals surface area contributed by atoms with E-state index in [9.17, 15) is 18.0 Å². The van der Waals surface area contributed by atoms with E-state index in [0.717, 1.165) is 19.3 Å². The summed E-state index contributed by atoms with van der Waals surface area (Å²) < 4.78 is 27.0. The normalized spacial score (nSPS) is 15.1. The number of piperidine rings is 1. The standard InChI is InChI=1S/C22H24N4O4S/c1-25(15-20-23-19-8-4-3-7-18(19)21(27)24-20)22(28)16-9-11-17(12-10-16)31(29,30)26-13-5-2-6-14-26/h3-4,7-12H,2,5-6,13-15H2,1H3,(H,23,24,27). The van der Waals surface area contributed by atoms with Crippen molar-refractivity contribution in [3.8, 4) is 0 Å². The number of benzene rings is 2. The minimum atomic E-state index is -3.54. The van der Waals surface area contributed by atoms with E-state index in [0.29, 0.717) is 35.4 Å².